The first-order chi connectivity index (χ1) is 9.65. The highest BCUT2D eigenvalue weighted by molar-refractivity contribution is 5.22. The van der Waals surface area contributed by atoms with Crippen molar-refractivity contribution < 1.29 is 0 Å². The van der Waals surface area contributed by atoms with Crippen LogP contribution in [0.4, 0.5) is 0 Å². The Labute approximate surface area is 124 Å². The summed E-state index contributed by atoms with van der Waals surface area (Å²) < 4.78 is 0. The molecule has 0 radical (unpaired) electrons. The molecule has 0 bridgehead atoms. The first-order valence-corrected chi connectivity index (χ1v) is 8.18. The Hall–Kier alpha value is -0.860. The molecular weight excluding hydrogens is 244 g/mol. The van der Waals surface area contributed by atoms with Gasteiger partial charge in [0.05, 0.1) is 0 Å². The van der Waals surface area contributed by atoms with Gasteiger partial charge in [0, 0.05) is 12.1 Å². The van der Waals surface area contributed by atoms with E-state index in [0.717, 1.165) is 13.0 Å². The van der Waals surface area contributed by atoms with Crippen LogP contribution >= 0.6 is 0 Å². The highest BCUT2D eigenvalue weighted by atomic mass is 15.1. The normalized spacial score (nSPS) is 21.1. The highest BCUT2D eigenvalue weighted by Gasteiger charge is 2.17. The molecule has 1 aliphatic heterocycles. The van der Waals surface area contributed by atoms with Gasteiger partial charge in [-0.3, -0.25) is 0 Å². The zero-order valence-electron chi connectivity index (χ0n) is 13.4. The standard InChI is InChI=1S/C18H30N2/c1-15(2)20-12-5-8-18(10-13-20)19-11-9-17-7-4-6-16(3)14-17/h4,6-7,14-15,18-19H,5,8-13H2,1-3H3. The quantitative estimate of drug-likeness (QED) is 0.885. The van der Waals surface area contributed by atoms with Crippen LogP contribution in [0.5, 0.6) is 0 Å². The van der Waals surface area contributed by atoms with Crippen LogP contribution in [0.1, 0.15) is 44.2 Å². The maximum Gasteiger partial charge on any atom is 0.00798 e. The lowest BCUT2D eigenvalue weighted by atomic mass is 10.1. The molecule has 1 atom stereocenters. The van der Waals surface area contributed by atoms with Crippen molar-refractivity contribution in [2.45, 2.75) is 58.5 Å². The molecule has 0 aromatic heterocycles. The molecular formula is C18H30N2. The van der Waals surface area contributed by atoms with Crippen molar-refractivity contribution in [3.63, 3.8) is 0 Å². The molecule has 0 spiro atoms. The number of benzene rings is 1. The van der Waals surface area contributed by atoms with Crippen LogP contribution in [0.3, 0.4) is 0 Å². The third-order valence-electron chi connectivity index (χ3n) is 4.42. The SMILES string of the molecule is Cc1cccc(CCNC2CCCN(C(C)C)CC2)c1. The fourth-order valence-electron chi connectivity index (χ4n) is 3.13. The van der Waals surface area contributed by atoms with Gasteiger partial charge >= 0.3 is 0 Å². The van der Waals surface area contributed by atoms with Crippen molar-refractivity contribution in [3.05, 3.63) is 35.4 Å². The molecule has 0 saturated carbocycles. The molecule has 1 aromatic rings. The van der Waals surface area contributed by atoms with E-state index in [1.165, 1.54) is 43.5 Å². The van der Waals surface area contributed by atoms with E-state index in [1.807, 2.05) is 0 Å². The van der Waals surface area contributed by atoms with E-state index in [-0.39, 0.29) is 0 Å². The number of hydrogen-bond acceptors (Lipinski definition) is 2. The van der Waals surface area contributed by atoms with Crippen molar-refractivity contribution in [1.29, 1.82) is 0 Å². The summed E-state index contributed by atoms with van der Waals surface area (Å²) in [5.41, 5.74) is 2.82. The molecule has 2 heteroatoms. The van der Waals surface area contributed by atoms with E-state index in [2.05, 4.69) is 55.3 Å². The van der Waals surface area contributed by atoms with Crippen LogP contribution in [0.15, 0.2) is 24.3 Å². The van der Waals surface area contributed by atoms with E-state index >= 15 is 0 Å². The first kappa shape index (κ1) is 15.5. The molecule has 1 aromatic carbocycles. The summed E-state index contributed by atoms with van der Waals surface area (Å²) in [4.78, 5) is 2.61. The number of likely N-dealkylation sites (tertiary alicyclic amines) is 1. The molecule has 1 N–H and O–H groups in total. The summed E-state index contributed by atoms with van der Waals surface area (Å²) in [5, 5.41) is 3.76. The summed E-state index contributed by atoms with van der Waals surface area (Å²) in [6.07, 6.45) is 5.11. The average Bonchev–Trinajstić information content (AvgIpc) is 2.64. The molecule has 1 fully saturated rings. The van der Waals surface area contributed by atoms with Gasteiger partial charge in [-0.1, -0.05) is 29.8 Å². The van der Waals surface area contributed by atoms with E-state index < -0.39 is 0 Å². The first-order valence-electron chi connectivity index (χ1n) is 8.18. The fraction of sp³-hybridized carbons (Fsp3) is 0.667. The van der Waals surface area contributed by atoms with Gasteiger partial charge in [-0.25, -0.2) is 0 Å². The smallest absolute Gasteiger partial charge is 0.00798 e. The molecule has 1 saturated heterocycles. The van der Waals surface area contributed by atoms with Gasteiger partial charge in [0.1, 0.15) is 0 Å². The molecule has 1 aliphatic rings. The second-order valence-corrected chi connectivity index (χ2v) is 6.45. The predicted octanol–water partition coefficient (Wildman–Crippen LogP) is 3.39. The molecule has 0 aliphatic carbocycles. The lowest BCUT2D eigenvalue weighted by Gasteiger charge is -2.24. The summed E-state index contributed by atoms with van der Waals surface area (Å²) in [6, 6.07) is 10.3. The van der Waals surface area contributed by atoms with Crippen molar-refractivity contribution >= 4 is 0 Å². The van der Waals surface area contributed by atoms with Gasteiger partial charge < -0.3 is 10.2 Å². The lowest BCUT2D eigenvalue weighted by Crippen LogP contribution is -2.34. The van der Waals surface area contributed by atoms with Crippen LogP contribution in [-0.2, 0) is 6.42 Å². The van der Waals surface area contributed by atoms with E-state index in [4.69, 9.17) is 0 Å². The lowest BCUT2D eigenvalue weighted by molar-refractivity contribution is 0.229. The molecule has 0 amide bonds. The highest BCUT2D eigenvalue weighted by Crippen LogP contribution is 2.13. The third-order valence-corrected chi connectivity index (χ3v) is 4.42. The summed E-state index contributed by atoms with van der Waals surface area (Å²) in [6.45, 7) is 10.4. The van der Waals surface area contributed by atoms with E-state index in [0.29, 0.717) is 12.1 Å². The number of nitrogens with zero attached hydrogens (tertiary/aromatic N) is 1. The molecule has 112 valence electrons. The van der Waals surface area contributed by atoms with Gasteiger partial charge in [0.15, 0.2) is 0 Å². The summed E-state index contributed by atoms with van der Waals surface area (Å²) in [7, 11) is 0. The average molecular weight is 274 g/mol. The number of nitrogens with one attached hydrogen (secondary N) is 1. The third kappa shape index (κ3) is 4.92. The van der Waals surface area contributed by atoms with Crippen molar-refractivity contribution in [2.24, 2.45) is 0 Å². The van der Waals surface area contributed by atoms with Crippen LogP contribution in [-0.4, -0.2) is 36.6 Å². The Balaban J connectivity index is 1.72. The predicted molar refractivity (Wildman–Crippen MR) is 87.2 cm³/mol. The monoisotopic (exact) mass is 274 g/mol. The summed E-state index contributed by atoms with van der Waals surface area (Å²) >= 11 is 0. The molecule has 2 nitrogen and oxygen atoms in total. The molecule has 1 heterocycles. The second-order valence-electron chi connectivity index (χ2n) is 6.45. The molecule has 2 rings (SSSR count). The number of rotatable bonds is 5. The summed E-state index contributed by atoms with van der Waals surface area (Å²) in [5.74, 6) is 0. The van der Waals surface area contributed by atoms with Crippen LogP contribution < -0.4 is 5.32 Å². The Bertz CT molecular complexity index is 400. The van der Waals surface area contributed by atoms with Crippen molar-refractivity contribution in [2.75, 3.05) is 19.6 Å². The zero-order chi connectivity index (χ0) is 14.4. The van der Waals surface area contributed by atoms with Crippen LogP contribution in [0.25, 0.3) is 0 Å². The second kappa shape index (κ2) is 7.80. The van der Waals surface area contributed by atoms with Gasteiger partial charge in [-0.15, -0.1) is 0 Å². The number of aryl methyl sites for hydroxylation is 1. The minimum atomic E-state index is 0.695. The topological polar surface area (TPSA) is 15.3 Å². The Morgan fingerprint density at radius 3 is 2.85 bits per heavy atom. The number of hydrogen-bond donors (Lipinski definition) is 1. The van der Waals surface area contributed by atoms with Gasteiger partial charge in [-0.05, 0) is 71.7 Å². The van der Waals surface area contributed by atoms with Crippen molar-refractivity contribution in [1.82, 2.24) is 10.2 Å². The van der Waals surface area contributed by atoms with Gasteiger partial charge in [0.2, 0.25) is 0 Å². The molecule has 1 unspecified atom stereocenters. The van der Waals surface area contributed by atoms with Crippen LogP contribution in [0.2, 0.25) is 0 Å². The fourth-order valence-corrected chi connectivity index (χ4v) is 3.13. The minimum absolute atomic E-state index is 0.695. The van der Waals surface area contributed by atoms with E-state index in [1.54, 1.807) is 0 Å². The molecule has 20 heavy (non-hydrogen) atoms. The van der Waals surface area contributed by atoms with Crippen LogP contribution in [0, 0.1) is 6.92 Å². The Kier molecular flexibility index (Phi) is 6.06. The maximum atomic E-state index is 3.76. The van der Waals surface area contributed by atoms with Gasteiger partial charge in [-0.2, -0.15) is 0 Å². The minimum Gasteiger partial charge on any atom is -0.314 e. The zero-order valence-corrected chi connectivity index (χ0v) is 13.4. The van der Waals surface area contributed by atoms with Crippen molar-refractivity contribution in [3.8, 4) is 0 Å². The van der Waals surface area contributed by atoms with E-state index in [9.17, 15) is 0 Å². The largest absolute Gasteiger partial charge is 0.314 e. The maximum absolute atomic E-state index is 3.76. The Morgan fingerprint density at radius 2 is 2.10 bits per heavy atom. The van der Waals surface area contributed by atoms with Gasteiger partial charge in [0.25, 0.3) is 0 Å². The Morgan fingerprint density at radius 1 is 1.25 bits per heavy atom.